The quantitative estimate of drug-likeness (QED) is 0.434. The van der Waals surface area contributed by atoms with Crippen LogP contribution in [0.3, 0.4) is 0 Å². The third kappa shape index (κ3) is 5.55. The molecule has 28 heavy (non-hydrogen) atoms. The minimum absolute atomic E-state index is 0.0400. The van der Waals surface area contributed by atoms with Gasteiger partial charge in [0.05, 0.1) is 6.10 Å². The van der Waals surface area contributed by atoms with Crippen molar-refractivity contribution in [1.29, 1.82) is 0 Å². The maximum absolute atomic E-state index is 11.0. The van der Waals surface area contributed by atoms with Gasteiger partial charge in [0.1, 0.15) is 4.88 Å². The number of hydrogen-bond acceptors (Lipinski definition) is 4. The van der Waals surface area contributed by atoms with Crippen LogP contribution in [0.4, 0.5) is 5.69 Å². The predicted molar refractivity (Wildman–Crippen MR) is 116 cm³/mol. The number of anilines is 1. The zero-order valence-corrected chi connectivity index (χ0v) is 18.2. The molecule has 1 fully saturated rings. The molecule has 0 unspecified atom stereocenters. The average molecular weight is 463 g/mol. The van der Waals surface area contributed by atoms with Crippen LogP contribution in [0.15, 0.2) is 30.3 Å². The highest BCUT2D eigenvalue weighted by Crippen LogP contribution is 2.39. The summed E-state index contributed by atoms with van der Waals surface area (Å²) >= 11 is 19.9. The summed E-state index contributed by atoms with van der Waals surface area (Å²) in [5.74, 6) is -0.654. The summed E-state index contributed by atoms with van der Waals surface area (Å²) in [4.78, 5) is 12.4. The molecular weight excluding hydrogens is 441 g/mol. The van der Waals surface area contributed by atoms with E-state index in [4.69, 9.17) is 39.9 Å². The molecule has 2 aromatic rings. The van der Waals surface area contributed by atoms with Crippen LogP contribution in [0.5, 0.6) is 0 Å². The van der Waals surface area contributed by atoms with Gasteiger partial charge in [-0.2, -0.15) is 0 Å². The minimum atomic E-state index is -0.886. The van der Waals surface area contributed by atoms with Gasteiger partial charge in [0.25, 0.3) is 0 Å². The minimum Gasteiger partial charge on any atom is -0.477 e. The Balaban J connectivity index is 1.56. The molecule has 1 aromatic heterocycles. The lowest BCUT2D eigenvalue weighted by molar-refractivity contribution is 0.0702. The van der Waals surface area contributed by atoms with Gasteiger partial charge in [-0.3, -0.25) is 0 Å². The molecule has 4 atom stereocenters. The van der Waals surface area contributed by atoms with E-state index in [-0.39, 0.29) is 17.2 Å². The Labute approximate surface area is 183 Å². The molecule has 3 N–H and O–H groups in total. The van der Waals surface area contributed by atoms with Crippen LogP contribution in [0.25, 0.3) is 0 Å². The highest BCUT2D eigenvalue weighted by molar-refractivity contribution is 7.13. The molecule has 1 aromatic carbocycles. The summed E-state index contributed by atoms with van der Waals surface area (Å²) in [6.45, 7) is 0.591. The third-order valence-corrected chi connectivity index (χ3v) is 7.28. The van der Waals surface area contributed by atoms with Crippen molar-refractivity contribution in [2.24, 2.45) is 11.8 Å². The molecule has 1 aliphatic rings. The molecule has 152 valence electrons. The summed E-state index contributed by atoms with van der Waals surface area (Å²) in [5.41, 5.74) is 0.821. The van der Waals surface area contributed by atoms with E-state index in [0.29, 0.717) is 27.9 Å². The lowest BCUT2D eigenvalue weighted by Crippen LogP contribution is -2.28. The van der Waals surface area contributed by atoms with Crippen molar-refractivity contribution in [2.45, 2.75) is 37.2 Å². The average Bonchev–Trinajstić information content (AvgIpc) is 3.18. The van der Waals surface area contributed by atoms with Gasteiger partial charge in [0, 0.05) is 38.4 Å². The summed E-state index contributed by atoms with van der Waals surface area (Å²) in [5, 5.41) is 23.9. The number of alkyl halides is 1. The zero-order valence-electron chi connectivity index (χ0n) is 15.1. The Hall–Kier alpha value is -0.980. The van der Waals surface area contributed by atoms with Crippen molar-refractivity contribution in [2.75, 3.05) is 11.9 Å². The maximum atomic E-state index is 11.0. The van der Waals surface area contributed by atoms with Gasteiger partial charge in [-0.05, 0) is 61.9 Å². The number of carboxylic acids is 1. The zero-order chi connectivity index (χ0) is 20.3. The van der Waals surface area contributed by atoms with E-state index in [0.717, 1.165) is 29.8 Å². The van der Waals surface area contributed by atoms with Crippen LogP contribution < -0.4 is 5.32 Å². The lowest BCUT2D eigenvalue weighted by atomic mass is 9.89. The fourth-order valence-corrected chi connectivity index (χ4v) is 5.76. The number of carbonyl (C=O) groups is 1. The van der Waals surface area contributed by atoms with Gasteiger partial charge in [-0.15, -0.1) is 22.9 Å². The number of aromatic carboxylic acids is 1. The fraction of sp³-hybridized carbons (Fsp3) is 0.450. The number of aliphatic hydroxyl groups excluding tert-OH is 1. The monoisotopic (exact) mass is 461 g/mol. The molecule has 0 amide bonds. The van der Waals surface area contributed by atoms with Crippen molar-refractivity contribution in [3.8, 4) is 0 Å². The van der Waals surface area contributed by atoms with Crippen LogP contribution in [0.2, 0.25) is 10.0 Å². The van der Waals surface area contributed by atoms with E-state index >= 15 is 0 Å². The maximum Gasteiger partial charge on any atom is 0.345 e. The van der Waals surface area contributed by atoms with Gasteiger partial charge in [-0.25, -0.2) is 4.79 Å². The number of nitrogens with one attached hydrogen (secondary N) is 1. The normalized spacial score (nSPS) is 24.4. The molecule has 0 radical (unpaired) electrons. The lowest BCUT2D eigenvalue weighted by Gasteiger charge is -2.24. The number of thiophene rings is 1. The van der Waals surface area contributed by atoms with Crippen molar-refractivity contribution in [3.63, 3.8) is 0 Å². The van der Waals surface area contributed by atoms with E-state index in [1.54, 1.807) is 24.3 Å². The summed E-state index contributed by atoms with van der Waals surface area (Å²) < 4.78 is 0. The van der Waals surface area contributed by atoms with E-state index in [1.807, 2.05) is 6.07 Å². The molecule has 4 nitrogen and oxygen atoms in total. The van der Waals surface area contributed by atoms with Crippen LogP contribution in [-0.4, -0.2) is 34.2 Å². The number of hydrogen-bond donors (Lipinski definition) is 3. The third-order valence-electron chi connectivity index (χ3n) is 5.21. The topological polar surface area (TPSA) is 69.6 Å². The number of carboxylic acid groups (broad SMARTS) is 1. The summed E-state index contributed by atoms with van der Waals surface area (Å²) in [6, 6.07) is 8.81. The summed E-state index contributed by atoms with van der Waals surface area (Å²) in [6.07, 6.45) is 2.73. The number of aryl methyl sites for hydroxylation is 1. The Bertz CT molecular complexity index is 809. The molecule has 1 heterocycles. The molecule has 1 aliphatic carbocycles. The predicted octanol–water partition coefficient (Wildman–Crippen LogP) is 5.79. The largest absolute Gasteiger partial charge is 0.477 e. The SMILES string of the molecule is O=C(O)c1ccc(CCC[C@@H]2[C@@H](CNc3cc(Cl)cc(Cl)c3)[C@H](O)C[C@H]2Cl)s1. The van der Waals surface area contributed by atoms with Gasteiger partial charge in [0.2, 0.25) is 0 Å². The fourth-order valence-electron chi connectivity index (χ4n) is 3.85. The Morgan fingerprint density at radius 3 is 2.54 bits per heavy atom. The van der Waals surface area contributed by atoms with Crippen LogP contribution in [0, 0.1) is 11.8 Å². The molecule has 1 saturated carbocycles. The second-order valence-electron chi connectivity index (χ2n) is 7.15. The van der Waals surface area contributed by atoms with Crippen molar-refractivity contribution < 1.29 is 15.0 Å². The second kappa shape index (κ2) is 9.68. The van der Waals surface area contributed by atoms with Gasteiger partial charge in [0.15, 0.2) is 0 Å². The Morgan fingerprint density at radius 1 is 1.18 bits per heavy atom. The van der Waals surface area contributed by atoms with Gasteiger partial charge >= 0.3 is 5.97 Å². The van der Waals surface area contributed by atoms with Crippen molar-refractivity contribution >= 4 is 57.8 Å². The molecule has 0 spiro atoms. The second-order valence-corrected chi connectivity index (χ2v) is 9.75. The summed E-state index contributed by atoms with van der Waals surface area (Å²) in [7, 11) is 0. The number of aliphatic hydroxyl groups is 1. The molecule has 0 bridgehead atoms. The van der Waals surface area contributed by atoms with Gasteiger partial charge < -0.3 is 15.5 Å². The molecule has 0 saturated heterocycles. The first-order valence-electron chi connectivity index (χ1n) is 9.17. The van der Waals surface area contributed by atoms with E-state index in [2.05, 4.69) is 5.32 Å². The first-order valence-corrected chi connectivity index (χ1v) is 11.2. The standard InChI is InChI=1S/C20H22Cl3NO3S/c21-11-6-12(22)8-13(7-11)24-10-16-15(17(23)9-18(16)25)3-1-2-14-4-5-19(28-14)20(26)27/h4-8,15-18,24-25H,1-3,9-10H2,(H,26,27)/t15-,16-,17-,18-/m1/s1. The first-order chi connectivity index (χ1) is 13.3. The van der Waals surface area contributed by atoms with Crippen LogP contribution in [0.1, 0.15) is 33.8 Å². The first kappa shape index (κ1) is 21.7. The number of rotatable bonds is 8. The highest BCUT2D eigenvalue weighted by atomic mass is 35.5. The number of benzene rings is 1. The smallest absolute Gasteiger partial charge is 0.345 e. The van der Waals surface area contributed by atoms with Crippen molar-refractivity contribution in [3.05, 3.63) is 50.1 Å². The van der Waals surface area contributed by atoms with E-state index in [1.165, 1.54) is 11.3 Å². The Kier molecular flexibility index (Phi) is 7.51. The van der Waals surface area contributed by atoms with E-state index in [9.17, 15) is 9.90 Å². The van der Waals surface area contributed by atoms with Crippen LogP contribution >= 0.6 is 46.1 Å². The Morgan fingerprint density at radius 2 is 1.89 bits per heavy atom. The van der Waals surface area contributed by atoms with E-state index < -0.39 is 12.1 Å². The molecule has 8 heteroatoms. The number of halogens is 3. The van der Waals surface area contributed by atoms with Crippen molar-refractivity contribution in [1.82, 2.24) is 0 Å². The molecule has 0 aliphatic heterocycles. The highest BCUT2D eigenvalue weighted by Gasteiger charge is 2.40. The molecule has 3 rings (SSSR count). The van der Waals surface area contributed by atoms with Crippen LogP contribution in [-0.2, 0) is 6.42 Å². The molecular formula is C20H22Cl3NO3S. The van der Waals surface area contributed by atoms with Gasteiger partial charge in [-0.1, -0.05) is 23.2 Å².